The highest BCUT2D eigenvalue weighted by Crippen LogP contribution is 2.32. The lowest BCUT2D eigenvalue weighted by atomic mass is 9.87. The zero-order valence-corrected chi connectivity index (χ0v) is 16.3. The summed E-state index contributed by atoms with van der Waals surface area (Å²) in [6.07, 6.45) is 15.9. The van der Waals surface area contributed by atoms with Crippen LogP contribution in [-0.4, -0.2) is 17.3 Å². The van der Waals surface area contributed by atoms with E-state index in [2.05, 4.69) is 31.2 Å². The summed E-state index contributed by atoms with van der Waals surface area (Å²) < 4.78 is 0. The Morgan fingerprint density at radius 1 is 1.12 bits per heavy atom. The van der Waals surface area contributed by atoms with Crippen LogP contribution >= 0.6 is 0 Å². The maximum absolute atomic E-state index is 9.51. The third-order valence-electron chi connectivity index (χ3n) is 5.33. The van der Waals surface area contributed by atoms with Crippen molar-refractivity contribution in [2.75, 3.05) is 6.61 Å². The van der Waals surface area contributed by atoms with Gasteiger partial charge in [0.25, 0.3) is 0 Å². The van der Waals surface area contributed by atoms with Gasteiger partial charge in [0.2, 0.25) is 0 Å². The molecule has 0 saturated carbocycles. The van der Waals surface area contributed by atoms with Crippen molar-refractivity contribution in [3.05, 3.63) is 41.0 Å². The monoisotopic (exact) mass is 343 g/mol. The van der Waals surface area contributed by atoms with Crippen LogP contribution < -0.4 is 5.73 Å². The SMILES string of the molecule is CCCCCCCCc1ccc2c(c1)CCCC=C2C[C@](C)(N)CO. The molecule has 0 saturated heterocycles. The summed E-state index contributed by atoms with van der Waals surface area (Å²) in [6, 6.07) is 7.02. The average Bonchev–Trinajstić information content (AvgIpc) is 2.79. The smallest absolute Gasteiger partial charge is 0.0611 e. The lowest BCUT2D eigenvalue weighted by Crippen LogP contribution is -2.40. The van der Waals surface area contributed by atoms with E-state index >= 15 is 0 Å². The lowest BCUT2D eigenvalue weighted by molar-refractivity contribution is 0.212. The van der Waals surface area contributed by atoms with Crippen molar-refractivity contribution in [2.24, 2.45) is 5.73 Å². The zero-order chi connectivity index (χ0) is 18.1. The van der Waals surface area contributed by atoms with Gasteiger partial charge in [0.05, 0.1) is 6.61 Å². The topological polar surface area (TPSA) is 46.2 Å². The minimum Gasteiger partial charge on any atom is -0.394 e. The van der Waals surface area contributed by atoms with Gasteiger partial charge in [-0.25, -0.2) is 0 Å². The van der Waals surface area contributed by atoms with Gasteiger partial charge in [-0.15, -0.1) is 0 Å². The van der Waals surface area contributed by atoms with Crippen LogP contribution in [0, 0.1) is 0 Å². The summed E-state index contributed by atoms with van der Waals surface area (Å²) >= 11 is 0. The predicted octanol–water partition coefficient (Wildman–Crippen LogP) is 5.41. The molecule has 1 aliphatic rings. The van der Waals surface area contributed by atoms with Crippen LogP contribution in [-0.2, 0) is 12.8 Å². The summed E-state index contributed by atoms with van der Waals surface area (Å²) in [7, 11) is 0. The van der Waals surface area contributed by atoms with Crippen molar-refractivity contribution in [3.8, 4) is 0 Å². The van der Waals surface area contributed by atoms with E-state index < -0.39 is 5.54 Å². The number of hydrogen-bond donors (Lipinski definition) is 2. The van der Waals surface area contributed by atoms with Crippen molar-refractivity contribution in [1.29, 1.82) is 0 Å². The van der Waals surface area contributed by atoms with Crippen molar-refractivity contribution in [3.63, 3.8) is 0 Å². The van der Waals surface area contributed by atoms with Gasteiger partial charge in [-0.3, -0.25) is 0 Å². The third kappa shape index (κ3) is 6.60. The van der Waals surface area contributed by atoms with Crippen LogP contribution in [0.15, 0.2) is 24.3 Å². The van der Waals surface area contributed by atoms with Gasteiger partial charge in [0, 0.05) is 5.54 Å². The Hall–Kier alpha value is -1.12. The summed E-state index contributed by atoms with van der Waals surface area (Å²) in [5.41, 5.74) is 11.3. The van der Waals surface area contributed by atoms with Gasteiger partial charge in [-0.05, 0) is 67.7 Å². The molecule has 0 aliphatic heterocycles. The molecule has 0 heterocycles. The summed E-state index contributed by atoms with van der Waals surface area (Å²) in [5.74, 6) is 0. The second kappa shape index (κ2) is 10.1. The first-order valence-electron chi connectivity index (χ1n) is 10.3. The van der Waals surface area contributed by atoms with Crippen LogP contribution in [0.3, 0.4) is 0 Å². The molecule has 2 rings (SSSR count). The van der Waals surface area contributed by atoms with Gasteiger partial charge < -0.3 is 10.8 Å². The van der Waals surface area contributed by atoms with Gasteiger partial charge in [0.15, 0.2) is 0 Å². The normalized spacial score (nSPS) is 16.7. The van der Waals surface area contributed by atoms with Gasteiger partial charge in [-0.1, -0.05) is 63.3 Å². The summed E-state index contributed by atoms with van der Waals surface area (Å²) in [4.78, 5) is 0. The van der Waals surface area contributed by atoms with Crippen LogP contribution in [0.25, 0.3) is 5.57 Å². The highest BCUT2D eigenvalue weighted by atomic mass is 16.3. The molecule has 25 heavy (non-hydrogen) atoms. The molecule has 1 aliphatic carbocycles. The number of allylic oxidation sites excluding steroid dienone is 1. The molecular formula is C23H37NO. The minimum atomic E-state index is -0.537. The van der Waals surface area contributed by atoms with Crippen LogP contribution in [0.2, 0.25) is 0 Å². The molecular weight excluding hydrogens is 306 g/mol. The lowest BCUT2D eigenvalue weighted by Gasteiger charge is -2.24. The number of hydrogen-bond acceptors (Lipinski definition) is 2. The van der Waals surface area contributed by atoms with E-state index in [1.165, 1.54) is 73.6 Å². The molecule has 0 spiro atoms. The van der Waals surface area contributed by atoms with E-state index in [0.717, 1.165) is 19.3 Å². The fraction of sp³-hybridized carbons (Fsp3) is 0.652. The standard InChI is InChI=1S/C23H37NO/c1-3-4-5-6-7-8-11-19-14-15-22-20(16-19)12-9-10-13-21(22)17-23(2,24)18-25/h13-16,25H,3-12,17-18,24H2,1-2H3/t23-/m0/s1. The number of fused-ring (bicyclic) bond motifs is 1. The predicted molar refractivity (Wildman–Crippen MR) is 109 cm³/mol. The Labute approximate surface area is 154 Å². The quantitative estimate of drug-likeness (QED) is 0.558. The van der Waals surface area contributed by atoms with E-state index in [4.69, 9.17) is 5.73 Å². The molecule has 1 atom stereocenters. The van der Waals surface area contributed by atoms with E-state index in [1.54, 1.807) is 0 Å². The molecule has 0 amide bonds. The number of rotatable bonds is 10. The van der Waals surface area contributed by atoms with E-state index in [0.29, 0.717) is 0 Å². The molecule has 0 radical (unpaired) electrons. The number of nitrogens with two attached hydrogens (primary N) is 1. The second-order valence-electron chi connectivity index (χ2n) is 8.12. The number of unbranched alkanes of at least 4 members (excludes halogenated alkanes) is 5. The molecule has 0 bridgehead atoms. The Bertz CT molecular complexity index is 559. The van der Waals surface area contributed by atoms with E-state index in [9.17, 15) is 5.11 Å². The van der Waals surface area contributed by atoms with Gasteiger partial charge in [-0.2, -0.15) is 0 Å². The highest BCUT2D eigenvalue weighted by molar-refractivity contribution is 5.70. The summed E-state index contributed by atoms with van der Waals surface area (Å²) in [6.45, 7) is 4.23. The summed E-state index contributed by atoms with van der Waals surface area (Å²) in [5, 5.41) is 9.51. The molecule has 0 fully saturated rings. The van der Waals surface area contributed by atoms with Crippen molar-refractivity contribution < 1.29 is 5.11 Å². The van der Waals surface area contributed by atoms with Gasteiger partial charge in [0.1, 0.15) is 0 Å². The van der Waals surface area contributed by atoms with Crippen LogP contribution in [0.4, 0.5) is 0 Å². The minimum absolute atomic E-state index is 0.0236. The van der Waals surface area contributed by atoms with Crippen LogP contribution in [0.1, 0.15) is 88.3 Å². The van der Waals surface area contributed by atoms with Crippen molar-refractivity contribution in [2.45, 2.75) is 90.0 Å². The molecule has 3 N–H and O–H groups in total. The van der Waals surface area contributed by atoms with Crippen LogP contribution in [0.5, 0.6) is 0 Å². The van der Waals surface area contributed by atoms with E-state index in [1.807, 2.05) is 6.92 Å². The Balaban J connectivity index is 1.99. The Kier molecular flexibility index (Phi) is 8.18. The first-order chi connectivity index (χ1) is 12.1. The Morgan fingerprint density at radius 3 is 2.64 bits per heavy atom. The maximum Gasteiger partial charge on any atom is 0.0611 e. The molecule has 1 aromatic rings. The number of aryl methyl sites for hydroxylation is 2. The average molecular weight is 344 g/mol. The zero-order valence-electron chi connectivity index (χ0n) is 16.3. The highest BCUT2D eigenvalue weighted by Gasteiger charge is 2.22. The van der Waals surface area contributed by atoms with Crippen molar-refractivity contribution in [1.82, 2.24) is 0 Å². The fourth-order valence-corrected chi connectivity index (χ4v) is 3.77. The number of aliphatic hydroxyl groups is 1. The molecule has 1 aromatic carbocycles. The Morgan fingerprint density at radius 2 is 1.88 bits per heavy atom. The largest absolute Gasteiger partial charge is 0.394 e. The molecule has 2 heteroatoms. The first kappa shape index (κ1) is 20.2. The first-order valence-corrected chi connectivity index (χ1v) is 10.3. The molecule has 0 aromatic heterocycles. The molecule has 2 nitrogen and oxygen atoms in total. The fourth-order valence-electron chi connectivity index (χ4n) is 3.77. The third-order valence-corrected chi connectivity index (χ3v) is 5.33. The number of aliphatic hydroxyl groups excluding tert-OH is 1. The van der Waals surface area contributed by atoms with E-state index in [-0.39, 0.29) is 6.61 Å². The van der Waals surface area contributed by atoms with Gasteiger partial charge >= 0.3 is 0 Å². The number of benzene rings is 1. The molecule has 140 valence electrons. The second-order valence-corrected chi connectivity index (χ2v) is 8.12. The molecule has 0 unspecified atom stereocenters. The van der Waals surface area contributed by atoms with Crippen molar-refractivity contribution >= 4 is 5.57 Å². The maximum atomic E-state index is 9.51.